The van der Waals surface area contributed by atoms with Gasteiger partial charge in [0.1, 0.15) is 0 Å². The first-order valence-electron chi connectivity index (χ1n) is 9.22. The fourth-order valence-electron chi connectivity index (χ4n) is 3.81. The first kappa shape index (κ1) is 17.4. The van der Waals surface area contributed by atoms with E-state index in [-0.39, 0.29) is 11.6 Å². The lowest BCUT2D eigenvalue weighted by Gasteiger charge is -2.30. The van der Waals surface area contributed by atoms with Gasteiger partial charge in [0.25, 0.3) is 5.56 Å². The Hall–Kier alpha value is -2.04. The predicted octanol–water partition coefficient (Wildman–Crippen LogP) is 4.77. The molecule has 1 heterocycles. The van der Waals surface area contributed by atoms with Gasteiger partial charge >= 0.3 is 0 Å². The normalized spacial score (nSPS) is 20.3. The van der Waals surface area contributed by atoms with E-state index in [2.05, 4.69) is 36.4 Å². The van der Waals surface area contributed by atoms with Gasteiger partial charge in [0.15, 0.2) is 0 Å². The minimum Gasteiger partial charge on any atom is -0.391 e. The van der Waals surface area contributed by atoms with Gasteiger partial charge in [-0.1, -0.05) is 43.2 Å². The van der Waals surface area contributed by atoms with E-state index in [1.54, 1.807) is 17.8 Å². The summed E-state index contributed by atoms with van der Waals surface area (Å²) in [7, 11) is 0. The number of nitrogens with zero attached hydrogens (tertiary/aromatic N) is 1. The van der Waals surface area contributed by atoms with Gasteiger partial charge in [-0.3, -0.25) is 4.79 Å². The molecule has 3 nitrogen and oxygen atoms in total. The lowest BCUT2D eigenvalue weighted by molar-refractivity contribution is 0.0759. The molecule has 1 N–H and O–H groups in total. The molecule has 0 saturated heterocycles. The maximum atomic E-state index is 12.5. The highest BCUT2D eigenvalue weighted by molar-refractivity contribution is 7.98. The molecule has 2 atom stereocenters. The number of hydrogen-bond acceptors (Lipinski definition) is 3. The molecule has 1 aromatic heterocycles. The quantitative estimate of drug-likeness (QED) is 0.677. The number of benzene rings is 2. The van der Waals surface area contributed by atoms with E-state index in [1.807, 2.05) is 22.8 Å². The lowest BCUT2D eigenvalue weighted by atomic mass is 9.92. The largest absolute Gasteiger partial charge is 0.391 e. The summed E-state index contributed by atoms with van der Waals surface area (Å²) in [4.78, 5) is 13.7. The highest BCUT2D eigenvalue weighted by Gasteiger charge is 2.26. The number of fused-ring (bicyclic) bond motifs is 1. The second kappa shape index (κ2) is 7.68. The first-order chi connectivity index (χ1) is 12.7. The number of hydrogen-bond donors (Lipinski definition) is 1. The summed E-state index contributed by atoms with van der Waals surface area (Å²) >= 11 is 1.80. The Morgan fingerprint density at radius 2 is 1.81 bits per heavy atom. The van der Waals surface area contributed by atoms with Crippen molar-refractivity contribution in [3.8, 4) is 0 Å². The Bertz CT molecular complexity index is 951. The van der Waals surface area contributed by atoms with Gasteiger partial charge in [-0.25, -0.2) is 0 Å². The van der Waals surface area contributed by atoms with Crippen molar-refractivity contribution in [3.63, 3.8) is 0 Å². The van der Waals surface area contributed by atoms with Gasteiger partial charge in [-0.2, -0.15) is 0 Å². The highest BCUT2D eigenvalue weighted by Crippen LogP contribution is 2.31. The third-order valence-electron chi connectivity index (χ3n) is 5.18. The molecule has 4 rings (SSSR count). The number of thioether (sulfide) groups is 1. The van der Waals surface area contributed by atoms with E-state index in [1.165, 1.54) is 10.5 Å². The Balaban J connectivity index is 1.65. The summed E-state index contributed by atoms with van der Waals surface area (Å²) in [6, 6.07) is 20.1. The second-order valence-corrected chi connectivity index (χ2v) is 8.00. The zero-order valence-corrected chi connectivity index (χ0v) is 15.5. The van der Waals surface area contributed by atoms with Crippen LogP contribution in [-0.4, -0.2) is 15.8 Å². The smallest absolute Gasteiger partial charge is 0.251 e. The van der Waals surface area contributed by atoms with Gasteiger partial charge in [-0.05, 0) is 48.1 Å². The van der Waals surface area contributed by atoms with Crippen molar-refractivity contribution in [2.24, 2.45) is 0 Å². The fourth-order valence-corrected chi connectivity index (χ4v) is 4.71. The second-order valence-electron chi connectivity index (χ2n) is 6.96. The van der Waals surface area contributed by atoms with Crippen LogP contribution < -0.4 is 5.56 Å². The Kier molecular flexibility index (Phi) is 5.14. The Morgan fingerprint density at radius 1 is 1.00 bits per heavy atom. The topological polar surface area (TPSA) is 42.2 Å². The van der Waals surface area contributed by atoms with Crippen molar-refractivity contribution < 1.29 is 5.11 Å². The molecule has 1 saturated carbocycles. The molecule has 1 unspecified atom stereocenters. The number of pyridine rings is 1. The van der Waals surface area contributed by atoms with Gasteiger partial charge in [0, 0.05) is 16.7 Å². The molecule has 0 spiro atoms. The lowest BCUT2D eigenvalue weighted by Crippen LogP contribution is -2.34. The summed E-state index contributed by atoms with van der Waals surface area (Å²) in [6.45, 7) is 0. The fraction of sp³-hybridized carbons (Fsp3) is 0.318. The molecular formula is C22H23NO2S. The van der Waals surface area contributed by atoms with Crippen molar-refractivity contribution in [2.75, 3.05) is 0 Å². The number of aliphatic hydroxyl groups is 1. The average molecular weight is 365 g/mol. The monoisotopic (exact) mass is 365 g/mol. The maximum Gasteiger partial charge on any atom is 0.251 e. The van der Waals surface area contributed by atoms with E-state index < -0.39 is 6.10 Å². The van der Waals surface area contributed by atoms with Crippen LogP contribution in [0.5, 0.6) is 0 Å². The minimum atomic E-state index is -0.431. The summed E-state index contributed by atoms with van der Waals surface area (Å²) < 4.78 is 1.81. The third kappa shape index (κ3) is 3.57. The van der Waals surface area contributed by atoms with Crippen LogP contribution in [0, 0.1) is 0 Å². The number of rotatable bonds is 4. The van der Waals surface area contributed by atoms with Crippen molar-refractivity contribution in [1.29, 1.82) is 0 Å². The van der Waals surface area contributed by atoms with Crippen LogP contribution in [-0.2, 0) is 5.75 Å². The van der Waals surface area contributed by atoms with Crippen molar-refractivity contribution in [3.05, 3.63) is 76.6 Å². The SMILES string of the molecule is O=c1ccc2cc(SCc3ccccc3)ccc2n1C1CCCC[C@@H]1O. The summed E-state index contributed by atoms with van der Waals surface area (Å²) in [5.41, 5.74) is 2.20. The molecule has 2 aromatic carbocycles. The van der Waals surface area contributed by atoms with E-state index in [4.69, 9.17) is 0 Å². The van der Waals surface area contributed by atoms with Crippen LogP contribution in [0.1, 0.15) is 37.3 Å². The summed E-state index contributed by atoms with van der Waals surface area (Å²) in [6.07, 6.45) is 3.31. The molecule has 0 radical (unpaired) electrons. The Labute approximate surface area is 157 Å². The van der Waals surface area contributed by atoms with Gasteiger partial charge < -0.3 is 9.67 Å². The molecule has 4 heteroatoms. The molecular weight excluding hydrogens is 342 g/mol. The van der Waals surface area contributed by atoms with Crippen molar-refractivity contribution >= 4 is 22.7 Å². The zero-order chi connectivity index (χ0) is 17.9. The average Bonchev–Trinajstić information content (AvgIpc) is 2.68. The molecule has 0 bridgehead atoms. The third-order valence-corrected chi connectivity index (χ3v) is 6.24. The van der Waals surface area contributed by atoms with E-state index in [0.29, 0.717) is 0 Å². The standard InChI is InChI=1S/C22H23NO2S/c24-21-9-5-4-8-20(21)23-19-12-11-18(14-17(19)10-13-22(23)25)26-15-16-6-2-1-3-7-16/h1-3,6-7,10-14,20-21,24H,4-5,8-9,15H2/t20?,21-/m0/s1. The molecule has 1 fully saturated rings. The van der Waals surface area contributed by atoms with Gasteiger partial charge in [0.05, 0.1) is 17.7 Å². The predicted molar refractivity (Wildman–Crippen MR) is 108 cm³/mol. The van der Waals surface area contributed by atoms with E-state index in [9.17, 15) is 9.90 Å². The zero-order valence-electron chi connectivity index (χ0n) is 14.7. The van der Waals surface area contributed by atoms with E-state index >= 15 is 0 Å². The van der Waals surface area contributed by atoms with Crippen LogP contribution in [0.4, 0.5) is 0 Å². The molecule has 3 aromatic rings. The van der Waals surface area contributed by atoms with E-state index in [0.717, 1.165) is 42.3 Å². The van der Waals surface area contributed by atoms with Gasteiger partial charge in [0.2, 0.25) is 0 Å². The molecule has 1 aliphatic rings. The van der Waals surface area contributed by atoms with Gasteiger partial charge in [-0.15, -0.1) is 11.8 Å². The van der Waals surface area contributed by atoms with Crippen molar-refractivity contribution in [1.82, 2.24) is 4.57 Å². The molecule has 26 heavy (non-hydrogen) atoms. The van der Waals surface area contributed by atoms with Crippen molar-refractivity contribution in [2.45, 2.75) is 48.5 Å². The summed E-state index contributed by atoms with van der Waals surface area (Å²) in [5, 5.41) is 11.5. The first-order valence-corrected chi connectivity index (χ1v) is 10.2. The Morgan fingerprint density at radius 3 is 2.62 bits per heavy atom. The number of aromatic nitrogens is 1. The molecule has 1 aliphatic carbocycles. The minimum absolute atomic E-state index is 0.0202. The number of aliphatic hydroxyl groups excluding tert-OH is 1. The maximum absolute atomic E-state index is 12.5. The van der Waals surface area contributed by atoms with Crippen LogP contribution in [0.3, 0.4) is 0 Å². The summed E-state index contributed by atoms with van der Waals surface area (Å²) in [5.74, 6) is 0.924. The molecule has 0 aliphatic heterocycles. The molecule has 0 amide bonds. The van der Waals surface area contributed by atoms with Crippen LogP contribution in [0.25, 0.3) is 10.9 Å². The highest BCUT2D eigenvalue weighted by atomic mass is 32.2. The molecule has 134 valence electrons. The van der Waals surface area contributed by atoms with Crippen LogP contribution >= 0.6 is 11.8 Å². The van der Waals surface area contributed by atoms with Crippen LogP contribution in [0.2, 0.25) is 0 Å². The van der Waals surface area contributed by atoms with Crippen LogP contribution in [0.15, 0.2) is 70.4 Å².